The Morgan fingerprint density at radius 1 is 0.370 bits per heavy atom. The van der Waals surface area contributed by atoms with Crippen LogP contribution < -0.4 is 0 Å². The SMILES string of the molecule is CCC/C=C\CCCCCCCC(=O)OCC(COC(=O)CCCCCCC/C=C\C/C=C\CCCCC)OC(=O)CCCCCCC/C=C\CCCC. The average Bonchev–Trinajstić information content (AvgIpc) is 3.17. The van der Waals surface area contributed by atoms with Gasteiger partial charge in [-0.25, -0.2) is 0 Å². The summed E-state index contributed by atoms with van der Waals surface area (Å²) in [4.78, 5) is 37.7. The molecule has 0 aromatic carbocycles. The molecule has 0 aliphatic heterocycles. The molecule has 0 fully saturated rings. The van der Waals surface area contributed by atoms with Crippen molar-refractivity contribution in [3.8, 4) is 0 Å². The van der Waals surface area contributed by atoms with Crippen LogP contribution in [0.15, 0.2) is 48.6 Å². The second-order valence-electron chi connectivity index (χ2n) is 14.9. The highest BCUT2D eigenvalue weighted by Gasteiger charge is 2.19. The van der Waals surface area contributed by atoms with Crippen LogP contribution in [0.1, 0.15) is 220 Å². The molecule has 0 N–H and O–H groups in total. The molecule has 6 heteroatoms. The monoisotopic (exact) mass is 757 g/mol. The number of carbonyl (C=O) groups excluding carboxylic acids is 3. The Morgan fingerprint density at radius 3 is 1.17 bits per heavy atom. The molecule has 0 aliphatic rings. The highest BCUT2D eigenvalue weighted by Crippen LogP contribution is 2.13. The van der Waals surface area contributed by atoms with Crippen molar-refractivity contribution in [3.63, 3.8) is 0 Å². The fraction of sp³-hybridized carbons (Fsp3) is 0.771. The standard InChI is InChI=1S/C48H84O6/c1-4-7-10-13-16-19-22-23-24-25-27-29-32-35-38-41-47(50)53-44-45(43-52-46(49)40-37-34-31-28-21-18-15-12-9-6-3)54-48(51)42-39-36-33-30-26-20-17-14-11-8-5-2/h12,14-17,19,23-24,45H,4-11,13,18,20-22,25-44H2,1-3H3/b15-12-,17-14-,19-16-,24-23-. The number of unbranched alkanes of at least 4 members (excludes halogenated alkanes) is 21. The second kappa shape index (κ2) is 43.1. The Balaban J connectivity index is 4.39. The molecule has 6 nitrogen and oxygen atoms in total. The van der Waals surface area contributed by atoms with Crippen molar-refractivity contribution >= 4 is 17.9 Å². The summed E-state index contributed by atoms with van der Waals surface area (Å²) in [6.07, 6.45) is 49.5. The van der Waals surface area contributed by atoms with Crippen molar-refractivity contribution in [2.45, 2.75) is 226 Å². The maximum Gasteiger partial charge on any atom is 0.306 e. The second-order valence-corrected chi connectivity index (χ2v) is 14.9. The molecule has 0 aliphatic carbocycles. The summed E-state index contributed by atoms with van der Waals surface area (Å²) < 4.78 is 16.7. The summed E-state index contributed by atoms with van der Waals surface area (Å²) in [5.74, 6) is -0.923. The third kappa shape index (κ3) is 40.6. The Labute approximate surface area is 333 Å². The topological polar surface area (TPSA) is 78.9 Å². The number of esters is 3. The van der Waals surface area contributed by atoms with Crippen LogP contribution in [-0.2, 0) is 28.6 Å². The summed E-state index contributed by atoms with van der Waals surface area (Å²) in [7, 11) is 0. The normalized spacial score (nSPS) is 12.4. The van der Waals surface area contributed by atoms with Crippen LogP contribution in [0.4, 0.5) is 0 Å². The lowest BCUT2D eigenvalue weighted by Crippen LogP contribution is -2.30. The van der Waals surface area contributed by atoms with Gasteiger partial charge in [-0.1, -0.05) is 159 Å². The van der Waals surface area contributed by atoms with Crippen molar-refractivity contribution in [1.29, 1.82) is 0 Å². The van der Waals surface area contributed by atoms with Gasteiger partial charge in [0.25, 0.3) is 0 Å². The number of rotatable bonds is 40. The Bertz CT molecular complexity index is 964. The van der Waals surface area contributed by atoms with Crippen LogP contribution in [0.3, 0.4) is 0 Å². The summed E-state index contributed by atoms with van der Waals surface area (Å²) in [6.45, 7) is 6.47. The van der Waals surface area contributed by atoms with Gasteiger partial charge in [0.1, 0.15) is 13.2 Å². The first-order valence-corrected chi connectivity index (χ1v) is 22.6. The molecule has 0 aromatic heterocycles. The van der Waals surface area contributed by atoms with E-state index in [9.17, 15) is 14.4 Å². The Morgan fingerprint density at radius 2 is 0.722 bits per heavy atom. The van der Waals surface area contributed by atoms with E-state index in [1.54, 1.807) is 0 Å². The highest BCUT2D eigenvalue weighted by atomic mass is 16.6. The van der Waals surface area contributed by atoms with Crippen LogP contribution in [0.2, 0.25) is 0 Å². The number of ether oxygens (including phenoxy) is 3. The molecule has 0 amide bonds. The average molecular weight is 757 g/mol. The van der Waals surface area contributed by atoms with E-state index >= 15 is 0 Å². The van der Waals surface area contributed by atoms with Gasteiger partial charge in [-0.15, -0.1) is 0 Å². The fourth-order valence-electron chi connectivity index (χ4n) is 6.04. The number of hydrogen-bond acceptors (Lipinski definition) is 6. The first-order valence-electron chi connectivity index (χ1n) is 22.6. The number of allylic oxidation sites excluding steroid dienone is 8. The first kappa shape index (κ1) is 51.4. The van der Waals surface area contributed by atoms with Gasteiger partial charge in [0, 0.05) is 19.3 Å². The van der Waals surface area contributed by atoms with Crippen LogP contribution >= 0.6 is 0 Å². The van der Waals surface area contributed by atoms with Crippen molar-refractivity contribution in [3.05, 3.63) is 48.6 Å². The number of hydrogen-bond donors (Lipinski definition) is 0. The van der Waals surface area contributed by atoms with Crippen LogP contribution in [0, 0.1) is 0 Å². The van der Waals surface area contributed by atoms with E-state index in [-0.39, 0.29) is 31.1 Å². The Kier molecular flexibility index (Phi) is 41.0. The smallest absolute Gasteiger partial charge is 0.306 e. The quantitative estimate of drug-likeness (QED) is 0.0268. The van der Waals surface area contributed by atoms with E-state index in [1.807, 2.05) is 0 Å². The third-order valence-electron chi connectivity index (χ3n) is 9.51. The van der Waals surface area contributed by atoms with E-state index < -0.39 is 6.10 Å². The van der Waals surface area contributed by atoms with Gasteiger partial charge in [0.05, 0.1) is 0 Å². The predicted molar refractivity (Wildman–Crippen MR) is 229 cm³/mol. The molecule has 312 valence electrons. The van der Waals surface area contributed by atoms with E-state index in [0.29, 0.717) is 19.3 Å². The minimum absolute atomic E-state index is 0.0859. The van der Waals surface area contributed by atoms with Gasteiger partial charge in [-0.2, -0.15) is 0 Å². The molecule has 0 bridgehead atoms. The van der Waals surface area contributed by atoms with Gasteiger partial charge in [-0.3, -0.25) is 14.4 Å². The molecule has 54 heavy (non-hydrogen) atoms. The van der Waals surface area contributed by atoms with E-state index in [1.165, 1.54) is 77.0 Å². The Hall–Kier alpha value is -2.63. The van der Waals surface area contributed by atoms with Crippen LogP contribution in [-0.4, -0.2) is 37.2 Å². The summed E-state index contributed by atoms with van der Waals surface area (Å²) in [6, 6.07) is 0. The van der Waals surface area contributed by atoms with Crippen molar-refractivity contribution in [1.82, 2.24) is 0 Å². The molecule has 0 heterocycles. The number of carbonyl (C=O) groups is 3. The van der Waals surface area contributed by atoms with Gasteiger partial charge < -0.3 is 14.2 Å². The molecule has 0 aromatic rings. The molecular formula is C48H84O6. The lowest BCUT2D eigenvalue weighted by Gasteiger charge is -2.18. The minimum Gasteiger partial charge on any atom is -0.462 e. The van der Waals surface area contributed by atoms with Gasteiger partial charge >= 0.3 is 17.9 Å². The maximum absolute atomic E-state index is 12.7. The zero-order valence-corrected chi connectivity index (χ0v) is 35.5. The molecule has 0 radical (unpaired) electrons. The highest BCUT2D eigenvalue weighted by molar-refractivity contribution is 5.71. The summed E-state index contributed by atoms with van der Waals surface area (Å²) >= 11 is 0. The molecule has 0 rings (SSSR count). The van der Waals surface area contributed by atoms with Crippen molar-refractivity contribution < 1.29 is 28.6 Å². The molecule has 0 spiro atoms. The fourth-order valence-corrected chi connectivity index (χ4v) is 6.04. The van der Waals surface area contributed by atoms with Gasteiger partial charge in [-0.05, 0) is 89.9 Å². The maximum atomic E-state index is 12.7. The van der Waals surface area contributed by atoms with E-state index in [2.05, 4.69) is 69.4 Å². The van der Waals surface area contributed by atoms with Crippen LogP contribution in [0.25, 0.3) is 0 Å². The summed E-state index contributed by atoms with van der Waals surface area (Å²) in [5.41, 5.74) is 0. The van der Waals surface area contributed by atoms with Crippen LogP contribution in [0.5, 0.6) is 0 Å². The molecular weight excluding hydrogens is 673 g/mol. The van der Waals surface area contributed by atoms with E-state index in [4.69, 9.17) is 14.2 Å². The van der Waals surface area contributed by atoms with Crippen molar-refractivity contribution in [2.75, 3.05) is 13.2 Å². The van der Waals surface area contributed by atoms with E-state index in [0.717, 1.165) is 103 Å². The summed E-state index contributed by atoms with van der Waals surface area (Å²) in [5, 5.41) is 0. The predicted octanol–water partition coefficient (Wildman–Crippen LogP) is 14.4. The van der Waals surface area contributed by atoms with Gasteiger partial charge in [0.2, 0.25) is 0 Å². The lowest BCUT2D eigenvalue weighted by molar-refractivity contribution is -0.167. The largest absolute Gasteiger partial charge is 0.462 e. The molecule has 1 unspecified atom stereocenters. The van der Waals surface area contributed by atoms with Gasteiger partial charge in [0.15, 0.2) is 6.10 Å². The molecule has 0 saturated heterocycles. The zero-order chi connectivity index (χ0) is 39.4. The zero-order valence-electron chi connectivity index (χ0n) is 35.5. The molecule has 0 saturated carbocycles. The molecule has 1 atom stereocenters. The minimum atomic E-state index is -0.782. The lowest BCUT2D eigenvalue weighted by atomic mass is 10.1. The first-order chi connectivity index (χ1) is 26.5. The van der Waals surface area contributed by atoms with Crippen molar-refractivity contribution in [2.24, 2.45) is 0 Å². The third-order valence-corrected chi connectivity index (χ3v) is 9.51.